The Morgan fingerprint density at radius 1 is 1.35 bits per heavy atom. The van der Waals surface area contributed by atoms with Crippen LogP contribution in [0.25, 0.3) is 0 Å². The Hall–Kier alpha value is -1.91. The Morgan fingerprint density at radius 3 is 2.65 bits per heavy atom. The number of aryl methyl sites for hydroxylation is 1. The molecule has 0 N–H and O–H groups in total. The highest BCUT2D eigenvalue weighted by Gasteiger charge is 2.17. The van der Waals surface area contributed by atoms with E-state index in [2.05, 4.69) is 30.3 Å². The van der Waals surface area contributed by atoms with Crippen LogP contribution in [0.2, 0.25) is 0 Å². The van der Waals surface area contributed by atoms with Crippen molar-refractivity contribution in [1.82, 2.24) is 14.9 Å². The molecule has 1 aromatic heterocycles. The second kappa shape index (κ2) is 8.09. The van der Waals surface area contributed by atoms with Crippen LogP contribution in [0.1, 0.15) is 44.5 Å². The van der Waals surface area contributed by atoms with Crippen molar-refractivity contribution in [3.63, 3.8) is 0 Å². The van der Waals surface area contributed by atoms with Crippen molar-refractivity contribution < 1.29 is 4.79 Å². The summed E-state index contributed by atoms with van der Waals surface area (Å²) in [5.41, 5.74) is 1.85. The van der Waals surface area contributed by atoms with Crippen molar-refractivity contribution in [1.29, 1.82) is 0 Å². The van der Waals surface area contributed by atoms with Gasteiger partial charge in [-0.2, -0.15) is 0 Å². The van der Waals surface area contributed by atoms with E-state index in [-0.39, 0.29) is 5.91 Å². The third-order valence-corrected chi connectivity index (χ3v) is 3.96. The fourth-order valence-corrected chi connectivity index (χ4v) is 2.93. The molecule has 126 valence electrons. The maximum atomic E-state index is 12.1. The molecular formula is C18H28N4O. The molecule has 5 heteroatoms. The van der Waals surface area contributed by atoms with Gasteiger partial charge in [0, 0.05) is 25.3 Å². The Labute approximate surface area is 139 Å². The third kappa shape index (κ3) is 5.05. The van der Waals surface area contributed by atoms with Crippen LogP contribution < -0.4 is 4.90 Å². The number of rotatable bonds is 6. The Bertz CT molecular complexity index is 550. The predicted molar refractivity (Wildman–Crippen MR) is 93.3 cm³/mol. The van der Waals surface area contributed by atoms with Crippen molar-refractivity contribution >= 4 is 11.9 Å². The number of nitrogens with zero attached hydrogens (tertiary/aromatic N) is 4. The Kier molecular flexibility index (Phi) is 6.13. The summed E-state index contributed by atoms with van der Waals surface area (Å²) in [7, 11) is 0. The average molecular weight is 316 g/mol. The largest absolute Gasteiger partial charge is 0.341 e. The lowest BCUT2D eigenvalue weighted by atomic mass is 10.1. The van der Waals surface area contributed by atoms with Gasteiger partial charge in [-0.25, -0.2) is 9.97 Å². The maximum absolute atomic E-state index is 12.1. The number of anilines is 1. The molecule has 0 bridgehead atoms. The molecule has 0 atom stereocenters. The van der Waals surface area contributed by atoms with Gasteiger partial charge in [0.15, 0.2) is 0 Å². The molecule has 0 spiro atoms. The zero-order valence-corrected chi connectivity index (χ0v) is 14.6. The normalized spacial score (nSPS) is 14.9. The monoisotopic (exact) mass is 316 g/mol. The molecule has 1 aliphatic rings. The van der Waals surface area contributed by atoms with Crippen LogP contribution in [0.4, 0.5) is 5.95 Å². The minimum absolute atomic E-state index is 0.0468. The molecule has 0 radical (unpaired) electrons. The second-order valence-corrected chi connectivity index (χ2v) is 6.67. The quantitative estimate of drug-likeness (QED) is 0.757. The molecule has 1 aromatic rings. The zero-order valence-electron chi connectivity index (χ0n) is 14.6. The summed E-state index contributed by atoms with van der Waals surface area (Å²) in [5, 5.41) is 0. The SMILES string of the molecule is C=CC(=O)N(Cc1cc(C)nc(N2CCCCC2)n1)CC(C)C. The molecule has 1 saturated heterocycles. The van der Waals surface area contributed by atoms with Gasteiger partial charge >= 0.3 is 0 Å². The Balaban J connectivity index is 2.18. The third-order valence-electron chi connectivity index (χ3n) is 3.96. The van der Waals surface area contributed by atoms with Gasteiger partial charge in [0.25, 0.3) is 0 Å². The van der Waals surface area contributed by atoms with Crippen LogP contribution in [0.3, 0.4) is 0 Å². The number of carbonyl (C=O) groups is 1. The first-order valence-electron chi connectivity index (χ1n) is 8.50. The fourth-order valence-electron chi connectivity index (χ4n) is 2.93. The summed E-state index contributed by atoms with van der Waals surface area (Å²) in [6.45, 7) is 13.0. The summed E-state index contributed by atoms with van der Waals surface area (Å²) in [6.07, 6.45) is 5.05. The minimum atomic E-state index is -0.0468. The fraction of sp³-hybridized carbons (Fsp3) is 0.611. The molecule has 1 aliphatic heterocycles. The number of amides is 1. The molecule has 0 unspecified atom stereocenters. The van der Waals surface area contributed by atoms with E-state index in [1.54, 1.807) is 4.90 Å². The molecule has 0 aliphatic carbocycles. The van der Waals surface area contributed by atoms with Crippen molar-refractivity contribution in [2.24, 2.45) is 5.92 Å². The molecule has 1 amide bonds. The van der Waals surface area contributed by atoms with Crippen LogP contribution in [-0.2, 0) is 11.3 Å². The van der Waals surface area contributed by atoms with Crippen LogP contribution in [0, 0.1) is 12.8 Å². The second-order valence-electron chi connectivity index (χ2n) is 6.67. The summed E-state index contributed by atoms with van der Waals surface area (Å²) in [6, 6.07) is 1.97. The van der Waals surface area contributed by atoms with E-state index in [4.69, 9.17) is 4.98 Å². The number of aromatic nitrogens is 2. The van der Waals surface area contributed by atoms with Gasteiger partial charge in [-0.3, -0.25) is 4.79 Å². The molecular weight excluding hydrogens is 288 g/mol. The molecule has 5 nitrogen and oxygen atoms in total. The summed E-state index contributed by atoms with van der Waals surface area (Å²) < 4.78 is 0. The first kappa shape index (κ1) is 17.4. The van der Waals surface area contributed by atoms with Crippen LogP contribution in [-0.4, -0.2) is 40.4 Å². The number of hydrogen-bond donors (Lipinski definition) is 0. The predicted octanol–water partition coefficient (Wildman–Crippen LogP) is 2.95. The molecule has 0 saturated carbocycles. The van der Waals surface area contributed by atoms with Gasteiger partial charge in [-0.15, -0.1) is 0 Å². The van der Waals surface area contributed by atoms with Gasteiger partial charge in [-0.1, -0.05) is 20.4 Å². The van der Waals surface area contributed by atoms with Gasteiger partial charge in [0.2, 0.25) is 11.9 Å². The van der Waals surface area contributed by atoms with E-state index in [1.807, 2.05) is 13.0 Å². The van der Waals surface area contributed by atoms with Crippen molar-refractivity contribution in [2.75, 3.05) is 24.5 Å². The van der Waals surface area contributed by atoms with Crippen LogP contribution >= 0.6 is 0 Å². The minimum Gasteiger partial charge on any atom is -0.341 e. The van der Waals surface area contributed by atoms with E-state index in [1.165, 1.54) is 25.3 Å². The molecule has 1 fully saturated rings. The highest BCUT2D eigenvalue weighted by molar-refractivity contribution is 5.86. The first-order valence-corrected chi connectivity index (χ1v) is 8.50. The Morgan fingerprint density at radius 2 is 2.04 bits per heavy atom. The topological polar surface area (TPSA) is 49.3 Å². The first-order chi connectivity index (χ1) is 11.0. The van der Waals surface area contributed by atoms with E-state index in [9.17, 15) is 4.79 Å². The molecule has 2 heterocycles. The maximum Gasteiger partial charge on any atom is 0.246 e. The highest BCUT2D eigenvalue weighted by atomic mass is 16.2. The van der Waals surface area contributed by atoms with Gasteiger partial charge in [-0.05, 0) is 44.2 Å². The van der Waals surface area contributed by atoms with Crippen molar-refractivity contribution in [2.45, 2.75) is 46.6 Å². The summed E-state index contributed by atoms with van der Waals surface area (Å²) in [4.78, 5) is 25.4. The standard InChI is InChI=1S/C18H28N4O/c1-5-17(23)22(12-14(2)3)13-16-11-15(4)19-18(20-16)21-9-7-6-8-10-21/h5,11,14H,1,6-10,12-13H2,2-4H3. The van der Waals surface area contributed by atoms with E-state index >= 15 is 0 Å². The lowest BCUT2D eigenvalue weighted by molar-refractivity contribution is -0.127. The molecule has 23 heavy (non-hydrogen) atoms. The average Bonchev–Trinajstić information content (AvgIpc) is 2.53. The number of hydrogen-bond acceptors (Lipinski definition) is 4. The van der Waals surface area contributed by atoms with Crippen molar-refractivity contribution in [3.05, 3.63) is 30.1 Å². The summed E-state index contributed by atoms with van der Waals surface area (Å²) >= 11 is 0. The van der Waals surface area contributed by atoms with Crippen LogP contribution in [0.5, 0.6) is 0 Å². The van der Waals surface area contributed by atoms with Gasteiger partial charge in [0.1, 0.15) is 0 Å². The lowest BCUT2D eigenvalue weighted by Gasteiger charge is -2.28. The van der Waals surface area contributed by atoms with Gasteiger partial charge in [0.05, 0.1) is 12.2 Å². The molecule has 0 aromatic carbocycles. The smallest absolute Gasteiger partial charge is 0.246 e. The lowest BCUT2D eigenvalue weighted by Crippen LogP contribution is -2.34. The van der Waals surface area contributed by atoms with Crippen molar-refractivity contribution in [3.8, 4) is 0 Å². The van der Waals surface area contributed by atoms with E-state index in [0.29, 0.717) is 19.0 Å². The number of piperidine rings is 1. The van der Waals surface area contributed by atoms with E-state index in [0.717, 1.165) is 30.4 Å². The summed E-state index contributed by atoms with van der Waals surface area (Å²) in [5.74, 6) is 1.16. The van der Waals surface area contributed by atoms with E-state index < -0.39 is 0 Å². The van der Waals surface area contributed by atoms with Crippen LogP contribution in [0.15, 0.2) is 18.7 Å². The number of carbonyl (C=O) groups excluding carboxylic acids is 1. The molecule has 2 rings (SSSR count). The zero-order chi connectivity index (χ0) is 16.8. The van der Waals surface area contributed by atoms with Gasteiger partial charge < -0.3 is 9.80 Å². The highest BCUT2D eigenvalue weighted by Crippen LogP contribution is 2.17.